The van der Waals surface area contributed by atoms with E-state index < -0.39 is 0 Å². The predicted octanol–water partition coefficient (Wildman–Crippen LogP) is 4.30. The maximum absolute atomic E-state index is 12.8. The number of hydrogen-bond donors (Lipinski definition) is 1. The molecular formula is C20H24N2O2. The monoisotopic (exact) mass is 324 g/mol. The Balaban J connectivity index is 1.97. The van der Waals surface area contributed by atoms with Crippen LogP contribution in [0.25, 0.3) is 0 Å². The highest BCUT2D eigenvalue weighted by Crippen LogP contribution is 2.40. The lowest BCUT2D eigenvalue weighted by atomic mass is 9.79. The molecule has 1 aliphatic heterocycles. The van der Waals surface area contributed by atoms with Crippen LogP contribution in [0.15, 0.2) is 48.5 Å². The van der Waals surface area contributed by atoms with E-state index in [9.17, 15) is 4.79 Å². The van der Waals surface area contributed by atoms with Crippen molar-refractivity contribution in [2.24, 2.45) is 5.92 Å². The molecule has 0 spiro atoms. The predicted molar refractivity (Wildman–Crippen MR) is 96.3 cm³/mol. The average molecular weight is 324 g/mol. The van der Waals surface area contributed by atoms with Gasteiger partial charge in [0.1, 0.15) is 5.75 Å². The van der Waals surface area contributed by atoms with Crippen molar-refractivity contribution in [1.29, 1.82) is 0 Å². The van der Waals surface area contributed by atoms with Gasteiger partial charge >= 0.3 is 6.03 Å². The molecule has 2 aromatic carbocycles. The molecule has 0 saturated carbocycles. The van der Waals surface area contributed by atoms with Crippen molar-refractivity contribution < 1.29 is 9.53 Å². The minimum Gasteiger partial charge on any atom is -0.497 e. The number of carbonyl (C=O) groups excluding carboxylic acids is 1. The zero-order valence-electron chi connectivity index (χ0n) is 14.7. The number of rotatable bonds is 4. The first-order valence-electron chi connectivity index (χ1n) is 8.28. The number of fused-ring (bicyclic) bond motifs is 1. The smallest absolute Gasteiger partial charge is 0.322 e. The van der Waals surface area contributed by atoms with Gasteiger partial charge in [-0.05, 0) is 36.6 Å². The third-order valence-corrected chi connectivity index (χ3v) is 5.02. The molecule has 0 aromatic heterocycles. The van der Waals surface area contributed by atoms with E-state index in [1.54, 1.807) is 12.0 Å². The number of ether oxygens (including phenoxy) is 1. The summed E-state index contributed by atoms with van der Waals surface area (Å²) >= 11 is 0. The highest BCUT2D eigenvalue weighted by molar-refractivity contribution is 5.96. The highest BCUT2D eigenvalue weighted by atomic mass is 16.5. The van der Waals surface area contributed by atoms with Crippen LogP contribution >= 0.6 is 0 Å². The van der Waals surface area contributed by atoms with Crippen LogP contribution in [0.3, 0.4) is 0 Å². The maximum atomic E-state index is 12.8. The number of methoxy groups -OCH3 is 1. The summed E-state index contributed by atoms with van der Waals surface area (Å²) in [6.45, 7) is 6.90. The molecule has 4 heteroatoms. The zero-order chi connectivity index (χ0) is 17.3. The zero-order valence-corrected chi connectivity index (χ0v) is 14.7. The molecule has 1 heterocycles. The number of urea groups is 1. The summed E-state index contributed by atoms with van der Waals surface area (Å²) in [6.07, 6.45) is 0. The highest BCUT2D eigenvalue weighted by Gasteiger charge is 2.41. The second-order valence-corrected chi connectivity index (χ2v) is 6.74. The Morgan fingerprint density at radius 3 is 2.42 bits per heavy atom. The lowest BCUT2D eigenvalue weighted by Gasteiger charge is -2.44. The van der Waals surface area contributed by atoms with Crippen molar-refractivity contribution in [3.63, 3.8) is 0 Å². The van der Waals surface area contributed by atoms with Crippen LogP contribution in [0.5, 0.6) is 5.75 Å². The molecule has 1 N–H and O–H groups in total. The van der Waals surface area contributed by atoms with Crippen molar-refractivity contribution in [3.05, 3.63) is 59.7 Å². The van der Waals surface area contributed by atoms with Gasteiger partial charge in [0, 0.05) is 5.56 Å². The van der Waals surface area contributed by atoms with Gasteiger partial charge in [0.25, 0.3) is 0 Å². The van der Waals surface area contributed by atoms with Crippen LogP contribution in [0.4, 0.5) is 10.5 Å². The molecule has 2 amide bonds. The molecule has 0 radical (unpaired) electrons. The molecule has 1 aliphatic rings. The standard InChI is InChI=1S/C20H24N2O2/c1-14(2)20(3)17-7-5-6-8-18(17)22(19(23)21-20)13-15-9-11-16(24-4)12-10-15/h5-12,14H,13H2,1-4H3,(H,21,23). The molecule has 0 bridgehead atoms. The molecule has 4 nitrogen and oxygen atoms in total. The fraction of sp³-hybridized carbons (Fsp3) is 0.350. The van der Waals surface area contributed by atoms with E-state index in [-0.39, 0.29) is 11.6 Å². The SMILES string of the molecule is COc1ccc(CN2C(=O)NC(C)(C(C)C)c3ccccc32)cc1. The van der Waals surface area contributed by atoms with Crippen LogP contribution in [-0.2, 0) is 12.1 Å². The number of hydrogen-bond acceptors (Lipinski definition) is 2. The molecule has 3 rings (SSSR count). The van der Waals surface area contributed by atoms with Gasteiger partial charge in [-0.2, -0.15) is 0 Å². The molecule has 0 saturated heterocycles. The Bertz CT molecular complexity index is 740. The summed E-state index contributed by atoms with van der Waals surface area (Å²) in [7, 11) is 1.65. The molecule has 24 heavy (non-hydrogen) atoms. The van der Waals surface area contributed by atoms with E-state index in [2.05, 4.69) is 32.2 Å². The van der Waals surface area contributed by atoms with Crippen molar-refractivity contribution >= 4 is 11.7 Å². The Kier molecular flexibility index (Phi) is 4.22. The Labute approximate surface area is 143 Å². The Hall–Kier alpha value is -2.49. The quantitative estimate of drug-likeness (QED) is 0.911. The Morgan fingerprint density at radius 2 is 1.79 bits per heavy atom. The molecule has 0 aliphatic carbocycles. The number of carbonyl (C=O) groups is 1. The van der Waals surface area contributed by atoms with Crippen LogP contribution in [0.2, 0.25) is 0 Å². The van der Waals surface area contributed by atoms with Crippen molar-refractivity contribution in [2.75, 3.05) is 12.0 Å². The largest absolute Gasteiger partial charge is 0.497 e. The van der Waals surface area contributed by atoms with Crippen molar-refractivity contribution in [1.82, 2.24) is 5.32 Å². The summed E-state index contributed by atoms with van der Waals surface area (Å²) < 4.78 is 5.20. The first-order chi connectivity index (χ1) is 11.5. The van der Waals surface area contributed by atoms with Gasteiger partial charge in [0.15, 0.2) is 0 Å². The second kappa shape index (κ2) is 6.19. The summed E-state index contributed by atoms with van der Waals surface area (Å²) in [5.74, 6) is 1.11. The van der Waals surface area contributed by atoms with Crippen molar-refractivity contribution in [2.45, 2.75) is 32.9 Å². The van der Waals surface area contributed by atoms with E-state index in [1.807, 2.05) is 42.5 Å². The molecule has 1 unspecified atom stereocenters. The van der Waals surface area contributed by atoms with E-state index in [4.69, 9.17) is 4.74 Å². The second-order valence-electron chi connectivity index (χ2n) is 6.74. The van der Waals surface area contributed by atoms with Gasteiger partial charge in [0.05, 0.1) is 24.9 Å². The van der Waals surface area contributed by atoms with Gasteiger partial charge in [0.2, 0.25) is 0 Å². The van der Waals surface area contributed by atoms with Crippen LogP contribution in [-0.4, -0.2) is 13.1 Å². The van der Waals surface area contributed by atoms with E-state index in [0.29, 0.717) is 12.5 Å². The summed E-state index contributed by atoms with van der Waals surface area (Å²) in [5.41, 5.74) is 2.85. The fourth-order valence-corrected chi connectivity index (χ4v) is 3.14. The molecule has 0 fully saturated rings. The Morgan fingerprint density at radius 1 is 1.12 bits per heavy atom. The van der Waals surface area contributed by atoms with E-state index in [1.165, 1.54) is 0 Å². The number of nitrogens with one attached hydrogen (secondary N) is 1. The summed E-state index contributed by atoms with van der Waals surface area (Å²) in [4.78, 5) is 14.6. The topological polar surface area (TPSA) is 41.6 Å². The number of para-hydroxylation sites is 1. The summed E-state index contributed by atoms with van der Waals surface area (Å²) in [6, 6.07) is 15.9. The van der Waals surface area contributed by atoms with Gasteiger partial charge in [-0.25, -0.2) is 4.79 Å². The minimum absolute atomic E-state index is 0.0549. The van der Waals surface area contributed by atoms with Gasteiger partial charge in [-0.1, -0.05) is 44.2 Å². The first kappa shape index (κ1) is 16.4. The van der Waals surface area contributed by atoms with E-state index in [0.717, 1.165) is 22.6 Å². The molecule has 2 aromatic rings. The lowest BCUT2D eigenvalue weighted by molar-refractivity contribution is 0.211. The van der Waals surface area contributed by atoms with E-state index >= 15 is 0 Å². The van der Waals surface area contributed by atoms with Gasteiger partial charge in [-0.15, -0.1) is 0 Å². The number of nitrogens with zero attached hydrogens (tertiary/aromatic N) is 1. The van der Waals surface area contributed by atoms with Crippen LogP contribution in [0.1, 0.15) is 31.9 Å². The van der Waals surface area contributed by atoms with Crippen molar-refractivity contribution in [3.8, 4) is 5.75 Å². The van der Waals surface area contributed by atoms with Crippen LogP contribution < -0.4 is 15.0 Å². The summed E-state index contributed by atoms with van der Waals surface area (Å²) in [5, 5.41) is 3.20. The maximum Gasteiger partial charge on any atom is 0.322 e. The van der Waals surface area contributed by atoms with Gasteiger partial charge < -0.3 is 10.1 Å². The van der Waals surface area contributed by atoms with Gasteiger partial charge in [-0.3, -0.25) is 4.90 Å². The minimum atomic E-state index is -0.357. The molecule has 1 atom stereocenters. The number of benzene rings is 2. The normalized spacial score (nSPS) is 19.9. The van der Waals surface area contributed by atoms with Crippen LogP contribution in [0, 0.1) is 5.92 Å². The third kappa shape index (κ3) is 2.73. The first-order valence-corrected chi connectivity index (χ1v) is 8.28. The fourth-order valence-electron chi connectivity index (χ4n) is 3.14. The number of amides is 2. The lowest BCUT2D eigenvalue weighted by Crippen LogP contribution is -2.57. The number of anilines is 1. The average Bonchev–Trinajstić information content (AvgIpc) is 2.59. The molecule has 126 valence electrons. The molecular weight excluding hydrogens is 300 g/mol. The third-order valence-electron chi connectivity index (χ3n) is 5.02.